The van der Waals surface area contributed by atoms with E-state index in [0.717, 1.165) is 6.42 Å². The van der Waals surface area contributed by atoms with Crippen molar-refractivity contribution in [2.75, 3.05) is 6.61 Å². The lowest BCUT2D eigenvalue weighted by Gasteiger charge is -2.66. The molecule has 3 aliphatic heterocycles. The number of allylic oxidation sites excluding steroid dienone is 1. The monoisotopic (exact) mass is 440 g/mol. The largest absolute Gasteiger partial charge is 0.472 e. The molecular formula is C26H32O6. The van der Waals surface area contributed by atoms with E-state index >= 15 is 0 Å². The zero-order valence-electron chi connectivity index (χ0n) is 19.2. The molecule has 0 aromatic carbocycles. The molecule has 2 saturated carbocycles. The number of ether oxygens (including phenoxy) is 3. The van der Waals surface area contributed by atoms with E-state index < -0.39 is 6.10 Å². The Bertz CT molecular complexity index is 1030. The molecule has 3 aliphatic carbocycles. The lowest BCUT2D eigenvalue weighted by atomic mass is 9.39. The molecule has 32 heavy (non-hydrogen) atoms. The van der Waals surface area contributed by atoms with Crippen LogP contribution in [0.4, 0.5) is 0 Å². The van der Waals surface area contributed by atoms with Gasteiger partial charge in [-0.2, -0.15) is 0 Å². The van der Waals surface area contributed by atoms with Gasteiger partial charge in [0.1, 0.15) is 6.10 Å². The number of hydrogen-bond acceptors (Lipinski definition) is 6. The highest BCUT2D eigenvalue weighted by Crippen LogP contribution is 2.74. The number of aliphatic hydroxyl groups is 1. The predicted octanol–water partition coefficient (Wildman–Crippen LogP) is 3.59. The molecule has 1 aromatic rings. The van der Waals surface area contributed by atoms with E-state index in [9.17, 15) is 9.90 Å². The van der Waals surface area contributed by atoms with Gasteiger partial charge in [-0.15, -0.1) is 0 Å². The van der Waals surface area contributed by atoms with Crippen LogP contribution in [-0.4, -0.2) is 48.2 Å². The maximum Gasteiger partial charge on any atom is 0.306 e. The fraction of sp³-hybridized carbons (Fsp3) is 0.731. The van der Waals surface area contributed by atoms with E-state index in [1.165, 1.54) is 16.7 Å². The molecule has 6 aliphatic rings. The van der Waals surface area contributed by atoms with Gasteiger partial charge < -0.3 is 23.7 Å². The van der Waals surface area contributed by atoms with Gasteiger partial charge in [-0.3, -0.25) is 4.79 Å². The maximum atomic E-state index is 12.9. The SMILES string of the molecule is CC1=C2[C@@H](C[C@H]1c1ccoc1)O[C@@H]1[C@@H]3OC[C@]4(C)[C@H](O)C[C@H]5OC(=O)C[C@@H]([C@]21C)[C@]5(C)[C@@H]34. The molecule has 6 nitrogen and oxygen atoms in total. The van der Waals surface area contributed by atoms with Crippen molar-refractivity contribution in [3.8, 4) is 0 Å². The van der Waals surface area contributed by atoms with Gasteiger partial charge in [-0.25, -0.2) is 0 Å². The summed E-state index contributed by atoms with van der Waals surface area (Å²) in [5, 5.41) is 11.1. The third-order valence-electron chi connectivity index (χ3n) is 10.8. The van der Waals surface area contributed by atoms with Gasteiger partial charge in [0, 0.05) is 40.9 Å². The summed E-state index contributed by atoms with van der Waals surface area (Å²) in [5.74, 6) is 0.339. The van der Waals surface area contributed by atoms with Crippen LogP contribution in [0, 0.1) is 28.1 Å². The van der Waals surface area contributed by atoms with Gasteiger partial charge in [-0.1, -0.05) is 26.3 Å². The summed E-state index contributed by atoms with van der Waals surface area (Å²) in [7, 11) is 0. The molecule has 172 valence electrons. The van der Waals surface area contributed by atoms with Crippen LogP contribution in [0.3, 0.4) is 0 Å². The number of rotatable bonds is 1. The van der Waals surface area contributed by atoms with Crippen LogP contribution < -0.4 is 0 Å². The van der Waals surface area contributed by atoms with Crippen LogP contribution in [0.25, 0.3) is 0 Å². The van der Waals surface area contributed by atoms with Crippen molar-refractivity contribution in [2.24, 2.45) is 28.1 Å². The smallest absolute Gasteiger partial charge is 0.306 e. The lowest BCUT2D eigenvalue weighted by molar-refractivity contribution is -0.266. The van der Waals surface area contributed by atoms with Crippen molar-refractivity contribution in [1.29, 1.82) is 0 Å². The Hall–Kier alpha value is -1.63. The summed E-state index contributed by atoms with van der Waals surface area (Å²) in [4.78, 5) is 12.9. The van der Waals surface area contributed by atoms with Crippen molar-refractivity contribution in [3.63, 3.8) is 0 Å². The molecule has 0 radical (unpaired) electrons. The van der Waals surface area contributed by atoms with Gasteiger partial charge in [0.05, 0.1) is 43.5 Å². The van der Waals surface area contributed by atoms with Crippen LogP contribution >= 0.6 is 0 Å². The van der Waals surface area contributed by atoms with Crippen molar-refractivity contribution in [3.05, 3.63) is 35.3 Å². The van der Waals surface area contributed by atoms with Crippen LogP contribution in [0.5, 0.6) is 0 Å². The predicted molar refractivity (Wildman–Crippen MR) is 114 cm³/mol. The summed E-state index contributed by atoms with van der Waals surface area (Å²) >= 11 is 0. The van der Waals surface area contributed by atoms with Gasteiger partial charge in [-0.05, 0) is 36.5 Å². The number of aliphatic hydroxyl groups excluding tert-OH is 1. The van der Waals surface area contributed by atoms with Crippen LogP contribution in [0.2, 0.25) is 0 Å². The third-order valence-corrected chi connectivity index (χ3v) is 10.8. The number of furan rings is 1. The normalized spacial score (nSPS) is 55.5. The Morgan fingerprint density at radius 1 is 1.19 bits per heavy atom. The van der Waals surface area contributed by atoms with E-state index in [4.69, 9.17) is 18.6 Å². The highest BCUT2D eigenvalue weighted by Gasteiger charge is 2.78. The van der Waals surface area contributed by atoms with E-state index in [0.29, 0.717) is 19.4 Å². The highest BCUT2D eigenvalue weighted by molar-refractivity contribution is 5.72. The van der Waals surface area contributed by atoms with Gasteiger partial charge in [0.25, 0.3) is 0 Å². The third kappa shape index (κ3) is 1.99. The zero-order valence-corrected chi connectivity index (χ0v) is 19.2. The molecule has 0 unspecified atom stereocenters. The molecule has 4 heterocycles. The van der Waals surface area contributed by atoms with Crippen LogP contribution in [-0.2, 0) is 19.0 Å². The standard InChI is InChI=1S/C26H32O6/c1-12-14(13-5-6-29-10-13)7-15-20(12)26(4)16-8-19(28)32-18-9-17(27)24(2)11-30-21(23(26)31-15)22(24)25(16,18)3/h5-6,10,14-18,21-23,27H,7-9,11H2,1-4H3/t14-,15-,16-,17-,18-,21-,22+,23-,24-,25+,26-/m1/s1. The van der Waals surface area contributed by atoms with Crippen molar-refractivity contribution in [2.45, 2.75) is 83.4 Å². The van der Waals surface area contributed by atoms with E-state index in [1.54, 1.807) is 6.26 Å². The molecule has 1 N–H and O–H groups in total. The molecule has 0 bridgehead atoms. The molecular weight excluding hydrogens is 408 g/mol. The highest BCUT2D eigenvalue weighted by atomic mass is 16.6. The molecule has 0 amide bonds. The Labute approximate surface area is 188 Å². The fourth-order valence-electron chi connectivity index (χ4n) is 9.44. The van der Waals surface area contributed by atoms with Crippen molar-refractivity contribution >= 4 is 5.97 Å². The molecule has 5 fully saturated rings. The second kappa shape index (κ2) is 5.89. The first-order valence-electron chi connectivity index (χ1n) is 12.1. The fourth-order valence-corrected chi connectivity index (χ4v) is 9.44. The summed E-state index contributed by atoms with van der Waals surface area (Å²) < 4.78 is 24.7. The molecule has 3 saturated heterocycles. The first kappa shape index (κ1) is 19.8. The average Bonchev–Trinajstić information content (AvgIpc) is 3.49. The first-order chi connectivity index (χ1) is 15.2. The average molecular weight is 441 g/mol. The van der Waals surface area contributed by atoms with Gasteiger partial charge >= 0.3 is 5.97 Å². The Morgan fingerprint density at radius 2 is 2.00 bits per heavy atom. The van der Waals surface area contributed by atoms with Gasteiger partial charge in [0.15, 0.2) is 0 Å². The minimum atomic E-state index is -0.543. The molecule has 7 rings (SSSR count). The second-order valence-corrected chi connectivity index (χ2v) is 11.9. The summed E-state index contributed by atoms with van der Waals surface area (Å²) in [6.07, 6.45) is 4.38. The second-order valence-electron chi connectivity index (χ2n) is 11.9. The molecule has 11 atom stereocenters. The molecule has 0 spiro atoms. The Morgan fingerprint density at radius 3 is 2.75 bits per heavy atom. The number of hydrogen-bond donors (Lipinski definition) is 1. The van der Waals surface area contributed by atoms with Crippen molar-refractivity contribution < 1.29 is 28.5 Å². The minimum absolute atomic E-state index is 0.0328. The van der Waals surface area contributed by atoms with Crippen LogP contribution in [0.15, 0.2) is 34.2 Å². The quantitative estimate of drug-likeness (QED) is 0.531. The minimum Gasteiger partial charge on any atom is -0.472 e. The summed E-state index contributed by atoms with van der Waals surface area (Å²) in [5.41, 5.74) is 3.02. The van der Waals surface area contributed by atoms with E-state index in [1.807, 2.05) is 6.26 Å². The lowest BCUT2D eigenvalue weighted by Crippen LogP contribution is -2.72. The maximum absolute atomic E-state index is 12.9. The topological polar surface area (TPSA) is 78.1 Å². The van der Waals surface area contributed by atoms with Crippen molar-refractivity contribution in [1.82, 2.24) is 0 Å². The van der Waals surface area contributed by atoms with Crippen LogP contribution in [0.1, 0.15) is 58.4 Å². The summed E-state index contributed by atoms with van der Waals surface area (Å²) in [6, 6.07) is 2.05. The Kier molecular flexibility index (Phi) is 3.64. The number of esters is 1. The van der Waals surface area contributed by atoms with Gasteiger partial charge in [0.2, 0.25) is 0 Å². The number of carbonyl (C=O) groups excluding carboxylic acids is 1. The van der Waals surface area contributed by atoms with E-state index in [2.05, 4.69) is 33.8 Å². The number of carbonyl (C=O) groups is 1. The first-order valence-corrected chi connectivity index (χ1v) is 12.1. The molecule has 1 aromatic heterocycles. The summed E-state index contributed by atoms with van der Waals surface area (Å²) in [6.45, 7) is 9.55. The molecule has 6 heteroatoms. The van der Waals surface area contributed by atoms with E-state index in [-0.39, 0.29) is 64.4 Å². The zero-order chi connectivity index (χ0) is 22.2. The number of fused-ring (bicyclic) bond motifs is 5. The Balaban J connectivity index is 1.43.